The predicted octanol–water partition coefficient (Wildman–Crippen LogP) is 4.00. The van der Waals surface area contributed by atoms with Crippen LogP contribution in [-0.4, -0.2) is 53.9 Å². The van der Waals surface area contributed by atoms with Gasteiger partial charge in [0, 0.05) is 32.4 Å². The minimum Gasteiger partial charge on any atom is -0.378 e. The standard InChI is InChI=1S/C24H27ClN4O2/c1-18-22(23(25)29(26-18)17-19-6-4-3-5-7-19)24(30)27(2)16-20-8-10-21(11-9-20)28-12-14-31-15-13-28/h3-11H,12-17H2,1-2H3. The molecule has 0 atom stereocenters. The lowest BCUT2D eigenvalue weighted by Crippen LogP contribution is -2.36. The van der Waals surface area contributed by atoms with Crippen molar-refractivity contribution in [1.82, 2.24) is 14.7 Å². The Morgan fingerprint density at radius 1 is 1.06 bits per heavy atom. The summed E-state index contributed by atoms with van der Waals surface area (Å²) >= 11 is 6.57. The van der Waals surface area contributed by atoms with Crippen LogP contribution in [0.15, 0.2) is 54.6 Å². The van der Waals surface area contributed by atoms with Gasteiger partial charge in [0.25, 0.3) is 5.91 Å². The Bertz CT molecular complexity index is 1030. The van der Waals surface area contributed by atoms with Gasteiger partial charge in [-0.25, -0.2) is 4.68 Å². The van der Waals surface area contributed by atoms with E-state index < -0.39 is 0 Å². The number of hydrogen-bond acceptors (Lipinski definition) is 4. The highest BCUT2D eigenvalue weighted by atomic mass is 35.5. The van der Waals surface area contributed by atoms with Gasteiger partial charge >= 0.3 is 0 Å². The van der Waals surface area contributed by atoms with Gasteiger partial charge in [0.05, 0.1) is 31.0 Å². The van der Waals surface area contributed by atoms with E-state index in [1.165, 1.54) is 5.69 Å². The number of benzene rings is 2. The largest absolute Gasteiger partial charge is 0.378 e. The minimum absolute atomic E-state index is 0.126. The lowest BCUT2D eigenvalue weighted by molar-refractivity contribution is 0.0784. The summed E-state index contributed by atoms with van der Waals surface area (Å²) < 4.78 is 7.10. The highest BCUT2D eigenvalue weighted by Gasteiger charge is 2.23. The highest BCUT2D eigenvalue weighted by Crippen LogP contribution is 2.24. The van der Waals surface area contributed by atoms with E-state index in [1.54, 1.807) is 16.6 Å². The van der Waals surface area contributed by atoms with Gasteiger partial charge in [0.1, 0.15) is 5.15 Å². The molecule has 1 aliphatic rings. The van der Waals surface area contributed by atoms with Crippen molar-refractivity contribution in [3.05, 3.63) is 82.1 Å². The van der Waals surface area contributed by atoms with Crippen LogP contribution in [0.3, 0.4) is 0 Å². The van der Waals surface area contributed by atoms with Crippen molar-refractivity contribution in [2.24, 2.45) is 0 Å². The van der Waals surface area contributed by atoms with Crippen molar-refractivity contribution in [3.8, 4) is 0 Å². The molecule has 0 unspecified atom stereocenters. The summed E-state index contributed by atoms with van der Waals surface area (Å²) in [5.74, 6) is -0.126. The molecule has 0 saturated carbocycles. The van der Waals surface area contributed by atoms with Gasteiger partial charge in [-0.2, -0.15) is 5.10 Å². The fourth-order valence-electron chi connectivity index (χ4n) is 3.83. The van der Waals surface area contributed by atoms with Crippen molar-refractivity contribution in [2.45, 2.75) is 20.0 Å². The fraction of sp³-hybridized carbons (Fsp3) is 0.333. The van der Waals surface area contributed by atoms with E-state index in [-0.39, 0.29) is 5.91 Å². The Balaban J connectivity index is 1.44. The molecule has 162 valence electrons. The smallest absolute Gasteiger partial charge is 0.258 e. The number of nitrogens with zero attached hydrogens (tertiary/aromatic N) is 4. The Morgan fingerprint density at radius 2 is 1.74 bits per heavy atom. The summed E-state index contributed by atoms with van der Waals surface area (Å²) in [6.07, 6.45) is 0. The number of hydrogen-bond donors (Lipinski definition) is 0. The third-order valence-corrected chi connectivity index (χ3v) is 5.92. The molecule has 2 heterocycles. The Labute approximate surface area is 188 Å². The number of carbonyl (C=O) groups excluding carboxylic acids is 1. The average Bonchev–Trinajstić information content (AvgIpc) is 3.07. The number of carbonyl (C=O) groups is 1. The quantitative estimate of drug-likeness (QED) is 0.583. The van der Waals surface area contributed by atoms with E-state index in [4.69, 9.17) is 16.3 Å². The second kappa shape index (κ2) is 9.54. The van der Waals surface area contributed by atoms with E-state index >= 15 is 0 Å². The van der Waals surface area contributed by atoms with Crippen molar-refractivity contribution >= 4 is 23.2 Å². The summed E-state index contributed by atoms with van der Waals surface area (Å²) in [7, 11) is 1.79. The summed E-state index contributed by atoms with van der Waals surface area (Å²) in [6, 6.07) is 18.3. The molecule has 0 spiro atoms. The van der Waals surface area contributed by atoms with Crippen molar-refractivity contribution in [3.63, 3.8) is 0 Å². The molecule has 1 amide bonds. The van der Waals surface area contributed by atoms with E-state index in [0.717, 1.165) is 37.4 Å². The van der Waals surface area contributed by atoms with Crippen molar-refractivity contribution in [1.29, 1.82) is 0 Å². The number of morpholine rings is 1. The van der Waals surface area contributed by atoms with Crippen molar-refractivity contribution in [2.75, 3.05) is 38.3 Å². The molecule has 0 bridgehead atoms. The third kappa shape index (κ3) is 4.92. The molecule has 6 nitrogen and oxygen atoms in total. The number of amides is 1. The minimum atomic E-state index is -0.126. The molecule has 2 aromatic carbocycles. The number of aromatic nitrogens is 2. The number of halogens is 1. The molecule has 1 aromatic heterocycles. The molecular weight excluding hydrogens is 412 g/mol. The summed E-state index contributed by atoms with van der Waals surface area (Å²) in [5, 5.41) is 4.88. The van der Waals surface area contributed by atoms with E-state index in [2.05, 4.69) is 34.3 Å². The second-order valence-corrected chi connectivity index (χ2v) is 8.18. The first kappa shape index (κ1) is 21.4. The Kier molecular flexibility index (Phi) is 6.59. The highest BCUT2D eigenvalue weighted by molar-refractivity contribution is 6.33. The lowest BCUT2D eigenvalue weighted by Gasteiger charge is -2.29. The van der Waals surface area contributed by atoms with Crippen LogP contribution in [0.5, 0.6) is 0 Å². The maximum Gasteiger partial charge on any atom is 0.258 e. The SMILES string of the molecule is Cc1nn(Cc2ccccc2)c(Cl)c1C(=O)N(C)Cc1ccc(N2CCOCC2)cc1. The topological polar surface area (TPSA) is 50.6 Å². The van der Waals surface area contributed by atoms with Gasteiger partial charge in [0.15, 0.2) is 0 Å². The number of aryl methyl sites for hydroxylation is 1. The number of anilines is 1. The van der Waals surface area contributed by atoms with Gasteiger partial charge < -0.3 is 14.5 Å². The van der Waals surface area contributed by atoms with Gasteiger partial charge in [-0.15, -0.1) is 0 Å². The van der Waals surface area contributed by atoms with Crippen LogP contribution < -0.4 is 4.90 Å². The summed E-state index contributed by atoms with van der Waals surface area (Å²) in [4.78, 5) is 17.1. The van der Waals surface area contributed by atoms with Crippen LogP contribution in [0.1, 0.15) is 27.2 Å². The Morgan fingerprint density at radius 3 is 2.42 bits per heavy atom. The first-order valence-electron chi connectivity index (χ1n) is 10.5. The molecule has 1 aliphatic heterocycles. The molecule has 7 heteroatoms. The van der Waals surface area contributed by atoms with Crippen molar-refractivity contribution < 1.29 is 9.53 Å². The van der Waals surface area contributed by atoms with Crippen LogP contribution in [-0.2, 0) is 17.8 Å². The zero-order valence-corrected chi connectivity index (χ0v) is 18.7. The zero-order valence-electron chi connectivity index (χ0n) is 17.9. The Hall–Kier alpha value is -2.83. The maximum atomic E-state index is 13.1. The van der Waals surface area contributed by atoms with Gasteiger partial charge in [-0.05, 0) is 30.2 Å². The zero-order chi connectivity index (χ0) is 21.8. The van der Waals surface area contributed by atoms with Crippen LogP contribution in [0.2, 0.25) is 5.15 Å². The van der Waals surface area contributed by atoms with Gasteiger partial charge in [-0.1, -0.05) is 54.1 Å². The van der Waals surface area contributed by atoms with Crippen LogP contribution in [0, 0.1) is 6.92 Å². The number of ether oxygens (including phenoxy) is 1. The average molecular weight is 439 g/mol. The molecule has 0 N–H and O–H groups in total. The van der Waals surface area contributed by atoms with E-state index in [9.17, 15) is 4.79 Å². The van der Waals surface area contributed by atoms with Crippen LogP contribution in [0.25, 0.3) is 0 Å². The van der Waals surface area contributed by atoms with E-state index in [0.29, 0.717) is 29.5 Å². The normalized spacial score (nSPS) is 14.0. The molecular formula is C24H27ClN4O2. The van der Waals surface area contributed by atoms with Crippen LogP contribution in [0.4, 0.5) is 5.69 Å². The molecule has 0 radical (unpaired) electrons. The molecule has 0 aliphatic carbocycles. The molecule has 1 fully saturated rings. The fourth-order valence-corrected chi connectivity index (χ4v) is 4.14. The summed E-state index contributed by atoms with van der Waals surface area (Å²) in [6.45, 7) is 6.19. The maximum absolute atomic E-state index is 13.1. The molecule has 3 aromatic rings. The second-order valence-electron chi connectivity index (χ2n) is 7.82. The monoisotopic (exact) mass is 438 g/mol. The first-order chi connectivity index (χ1) is 15.0. The summed E-state index contributed by atoms with van der Waals surface area (Å²) in [5.41, 5.74) is 4.44. The third-order valence-electron chi connectivity index (χ3n) is 5.53. The molecule has 1 saturated heterocycles. The predicted molar refractivity (Wildman–Crippen MR) is 123 cm³/mol. The van der Waals surface area contributed by atoms with Gasteiger partial charge in [0.2, 0.25) is 0 Å². The van der Waals surface area contributed by atoms with Gasteiger partial charge in [-0.3, -0.25) is 4.79 Å². The van der Waals surface area contributed by atoms with E-state index in [1.807, 2.05) is 37.3 Å². The first-order valence-corrected chi connectivity index (χ1v) is 10.8. The van der Waals surface area contributed by atoms with Crippen LogP contribution >= 0.6 is 11.6 Å². The molecule has 31 heavy (non-hydrogen) atoms. The number of rotatable bonds is 6. The molecule has 4 rings (SSSR count). The lowest BCUT2D eigenvalue weighted by atomic mass is 10.1.